The first kappa shape index (κ1) is 17.5. The molecule has 9 heteroatoms. The van der Waals surface area contributed by atoms with Crippen molar-refractivity contribution in [1.82, 2.24) is 19.5 Å². The number of alkyl halides is 3. The molecule has 0 aliphatic carbocycles. The second-order valence-electron chi connectivity index (χ2n) is 5.50. The zero-order chi connectivity index (χ0) is 18.4. The predicted molar refractivity (Wildman–Crippen MR) is 92.3 cm³/mol. The third kappa shape index (κ3) is 3.15. The van der Waals surface area contributed by atoms with E-state index in [-0.39, 0.29) is 5.52 Å². The molecule has 25 heavy (non-hydrogen) atoms. The van der Waals surface area contributed by atoms with Gasteiger partial charge in [0, 0.05) is 18.1 Å². The summed E-state index contributed by atoms with van der Waals surface area (Å²) >= 11 is 1.55. The van der Waals surface area contributed by atoms with Gasteiger partial charge in [0.25, 0.3) is 0 Å². The van der Waals surface area contributed by atoms with Crippen molar-refractivity contribution >= 4 is 28.6 Å². The van der Waals surface area contributed by atoms with Crippen molar-refractivity contribution in [2.75, 3.05) is 11.5 Å². The predicted octanol–water partition coefficient (Wildman–Crippen LogP) is 4.05. The third-order valence-electron chi connectivity index (χ3n) is 3.77. The highest BCUT2D eigenvalue weighted by atomic mass is 32.2. The van der Waals surface area contributed by atoms with Gasteiger partial charge in [-0.2, -0.15) is 13.2 Å². The highest BCUT2D eigenvalue weighted by Gasteiger charge is 2.32. The number of pyridine rings is 2. The normalized spacial score (nSPS) is 12.1. The van der Waals surface area contributed by atoms with Crippen LogP contribution in [0.25, 0.3) is 22.7 Å². The van der Waals surface area contributed by atoms with Crippen LogP contribution in [0.3, 0.4) is 0 Å². The zero-order valence-corrected chi connectivity index (χ0v) is 14.7. The fourth-order valence-corrected chi connectivity index (χ4v) is 3.26. The maximum atomic E-state index is 12.9. The number of nitrogens with two attached hydrogens (primary N) is 1. The Bertz CT molecular complexity index is 949. The average Bonchev–Trinajstić information content (AvgIpc) is 2.86. The Morgan fingerprint density at radius 3 is 2.60 bits per heavy atom. The summed E-state index contributed by atoms with van der Waals surface area (Å²) in [7, 11) is 1.71. The second-order valence-corrected chi connectivity index (χ2v) is 6.81. The maximum Gasteiger partial charge on any atom is 0.417 e. The molecule has 2 N–H and O–H groups in total. The fourth-order valence-electron chi connectivity index (χ4n) is 2.47. The maximum absolute atomic E-state index is 12.9. The van der Waals surface area contributed by atoms with Crippen LogP contribution in [0, 0.1) is 6.92 Å². The Kier molecular flexibility index (Phi) is 4.36. The quantitative estimate of drug-likeness (QED) is 0.707. The summed E-state index contributed by atoms with van der Waals surface area (Å²) in [5.41, 5.74) is 7.46. The first-order chi connectivity index (χ1) is 11.7. The van der Waals surface area contributed by atoms with Gasteiger partial charge in [0.05, 0.1) is 16.9 Å². The lowest BCUT2D eigenvalue weighted by molar-refractivity contribution is -0.137. The molecule has 0 bridgehead atoms. The van der Waals surface area contributed by atoms with E-state index in [0.717, 1.165) is 22.9 Å². The molecule has 132 valence electrons. The van der Waals surface area contributed by atoms with Gasteiger partial charge in [0.2, 0.25) is 0 Å². The van der Waals surface area contributed by atoms with Crippen LogP contribution in [0.1, 0.15) is 18.2 Å². The molecule has 3 rings (SSSR count). The molecule has 0 aliphatic rings. The van der Waals surface area contributed by atoms with Crippen molar-refractivity contribution in [1.29, 1.82) is 0 Å². The molecule has 0 saturated carbocycles. The molecule has 3 heterocycles. The van der Waals surface area contributed by atoms with Gasteiger partial charge in [-0.15, -0.1) is 11.8 Å². The van der Waals surface area contributed by atoms with Gasteiger partial charge in [0.1, 0.15) is 11.2 Å². The number of hydrogen-bond acceptors (Lipinski definition) is 5. The lowest BCUT2D eigenvalue weighted by Gasteiger charge is -2.10. The van der Waals surface area contributed by atoms with E-state index in [0.29, 0.717) is 28.5 Å². The van der Waals surface area contributed by atoms with Gasteiger partial charge < -0.3 is 10.3 Å². The molecule has 0 aromatic carbocycles. The number of rotatable bonds is 3. The number of nitrogens with zero attached hydrogens (tertiary/aromatic N) is 4. The van der Waals surface area contributed by atoms with E-state index >= 15 is 0 Å². The van der Waals surface area contributed by atoms with Crippen molar-refractivity contribution in [3.8, 4) is 11.5 Å². The lowest BCUT2D eigenvalue weighted by Crippen LogP contribution is -2.05. The summed E-state index contributed by atoms with van der Waals surface area (Å²) in [5, 5.41) is 0. The number of anilines is 1. The second kappa shape index (κ2) is 6.21. The van der Waals surface area contributed by atoms with Crippen molar-refractivity contribution in [2.45, 2.75) is 24.9 Å². The van der Waals surface area contributed by atoms with Crippen LogP contribution in [0.5, 0.6) is 0 Å². The Hall–Kier alpha value is -2.29. The average molecular weight is 367 g/mol. The van der Waals surface area contributed by atoms with Crippen LogP contribution in [-0.4, -0.2) is 25.3 Å². The van der Waals surface area contributed by atoms with Crippen LogP contribution < -0.4 is 5.73 Å². The van der Waals surface area contributed by atoms with E-state index in [1.54, 1.807) is 30.3 Å². The largest absolute Gasteiger partial charge is 0.417 e. The molecule has 5 nitrogen and oxygen atoms in total. The number of imidazole rings is 1. The molecule has 0 unspecified atom stereocenters. The monoisotopic (exact) mass is 367 g/mol. The van der Waals surface area contributed by atoms with Crippen molar-refractivity contribution in [3.05, 3.63) is 29.6 Å². The first-order valence-electron chi connectivity index (χ1n) is 7.52. The van der Waals surface area contributed by atoms with Crippen molar-refractivity contribution < 1.29 is 13.2 Å². The van der Waals surface area contributed by atoms with Crippen LogP contribution in [0.4, 0.5) is 18.9 Å². The SMILES string of the molecule is CCSc1cc(N)c(C)nc1-c1nc2cc(C(F)(F)F)cnc2n1C. The van der Waals surface area contributed by atoms with E-state index < -0.39 is 11.7 Å². The number of hydrogen-bond donors (Lipinski definition) is 1. The topological polar surface area (TPSA) is 69.6 Å². The van der Waals surface area contributed by atoms with E-state index in [4.69, 9.17) is 5.73 Å². The smallest absolute Gasteiger partial charge is 0.397 e. The highest BCUT2D eigenvalue weighted by Crippen LogP contribution is 2.34. The first-order valence-corrected chi connectivity index (χ1v) is 8.51. The minimum atomic E-state index is -4.46. The number of aryl methyl sites for hydroxylation is 2. The Morgan fingerprint density at radius 1 is 1.24 bits per heavy atom. The molecule has 0 saturated heterocycles. The molecule has 0 aliphatic heterocycles. The summed E-state index contributed by atoms with van der Waals surface area (Å²) < 4.78 is 40.4. The molecule has 0 atom stereocenters. The summed E-state index contributed by atoms with van der Waals surface area (Å²) in [4.78, 5) is 13.6. The highest BCUT2D eigenvalue weighted by molar-refractivity contribution is 7.99. The van der Waals surface area contributed by atoms with Gasteiger partial charge in [-0.3, -0.25) is 0 Å². The van der Waals surface area contributed by atoms with Gasteiger partial charge in [-0.25, -0.2) is 15.0 Å². The molecule has 3 aromatic rings. The molecule has 0 amide bonds. The minimum absolute atomic E-state index is 0.177. The number of halogens is 3. The molecule has 3 aromatic heterocycles. The van der Waals surface area contributed by atoms with Crippen molar-refractivity contribution in [3.63, 3.8) is 0 Å². The molecule has 0 fully saturated rings. The number of nitrogen functional groups attached to an aromatic ring is 1. The van der Waals surface area contributed by atoms with Crippen molar-refractivity contribution in [2.24, 2.45) is 7.05 Å². The van der Waals surface area contributed by atoms with Gasteiger partial charge in [0.15, 0.2) is 11.5 Å². The Labute approximate surface area is 146 Å². The van der Waals surface area contributed by atoms with Crippen LogP contribution in [0.2, 0.25) is 0 Å². The molecule has 0 radical (unpaired) electrons. The van der Waals surface area contributed by atoms with Crippen LogP contribution in [0.15, 0.2) is 23.2 Å². The van der Waals surface area contributed by atoms with E-state index in [1.807, 2.05) is 13.0 Å². The standard InChI is InChI=1S/C16H16F3N5S/c1-4-25-12-6-10(20)8(2)22-13(12)15-23-11-5-9(16(17,18)19)7-21-14(11)24(15)3/h5-7H,4,20H2,1-3H3. The molecular formula is C16H16F3N5S. The van der Waals surface area contributed by atoms with Gasteiger partial charge in [-0.1, -0.05) is 6.92 Å². The van der Waals surface area contributed by atoms with Crippen LogP contribution >= 0.6 is 11.8 Å². The van der Waals surface area contributed by atoms with Crippen LogP contribution in [-0.2, 0) is 13.2 Å². The number of thioether (sulfide) groups is 1. The summed E-state index contributed by atoms with van der Waals surface area (Å²) in [6, 6.07) is 2.82. The summed E-state index contributed by atoms with van der Waals surface area (Å²) in [5.74, 6) is 1.26. The number of fused-ring (bicyclic) bond motifs is 1. The molecule has 0 spiro atoms. The Balaban J connectivity index is 2.23. The fraction of sp³-hybridized carbons (Fsp3) is 0.312. The zero-order valence-electron chi connectivity index (χ0n) is 13.8. The minimum Gasteiger partial charge on any atom is -0.397 e. The van der Waals surface area contributed by atoms with E-state index in [1.165, 1.54) is 0 Å². The third-order valence-corrected chi connectivity index (χ3v) is 4.68. The molecular weight excluding hydrogens is 351 g/mol. The van der Waals surface area contributed by atoms with E-state index in [2.05, 4.69) is 15.0 Å². The lowest BCUT2D eigenvalue weighted by atomic mass is 10.2. The van der Waals surface area contributed by atoms with E-state index in [9.17, 15) is 13.2 Å². The Morgan fingerprint density at radius 2 is 1.96 bits per heavy atom. The number of aromatic nitrogens is 4. The van der Waals surface area contributed by atoms with Gasteiger partial charge in [-0.05, 0) is 24.8 Å². The van der Waals surface area contributed by atoms with Gasteiger partial charge >= 0.3 is 6.18 Å². The summed E-state index contributed by atoms with van der Waals surface area (Å²) in [6.45, 7) is 3.78. The summed E-state index contributed by atoms with van der Waals surface area (Å²) in [6.07, 6.45) is -3.64.